The predicted octanol–water partition coefficient (Wildman–Crippen LogP) is 5.73. The van der Waals surface area contributed by atoms with Crippen LogP contribution in [0.15, 0.2) is 70.1 Å². The van der Waals surface area contributed by atoms with Crippen molar-refractivity contribution >= 4 is 33.4 Å². The first-order valence-electron chi connectivity index (χ1n) is 7.89. The van der Waals surface area contributed by atoms with Crippen molar-refractivity contribution in [2.24, 2.45) is 0 Å². The summed E-state index contributed by atoms with van der Waals surface area (Å²) in [5.41, 5.74) is 3.71. The largest absolute Gasteiger partial charge is 0.471 e. The number of nitrogens with one attached hydrogen (secondary N) is 1. The molecule has 0 fully saturated rings. The summed E-state index contributed by atoms with van der Waals surface area (Å²) in [5.74, 6) is 0.972. The topological polar surface area (TPSA) is 21.3 Å². The molecule has 2 atom stereocenters. The van der Waals surface area contributed by atoms with E-state index >= 15 is 0 Å². The standard InChI is InChI=1S/C20H15NOS2/c1-2-4-16-13(3-1)5-6-17-18(16)19(14-7-9-23-11-14)21-20(22-17)15-8-10-24-12-15/h1-12,19-21H. The smallest absolute Gasteiger partial charge is 0.178 e. The van der Waals surface area contributed by atoms with Crippen molar-refractivity contribution in [3.63, 3.8) is 0 Å². The summed E-state index contributed by atoms with van der Waals surface area (Å²) in [6.07, 6.45) is -0.116. The third-order valence-electron chi connectivity index (χ3n) is 4.50. The molecular weight excluding hydrogens is 334 g/mol. The summed E-state index contributed by atoms with van der Waals surface area (Å²) in [6, 6.07) is 17.2. The highest BCUT2D eigenvalue weighted by atomic mass is 32.1. The summed E-state index contributed by atoms with van der Waals surface area (Å²) >= 11 is 3.43. The Morgan fingerprint density at radius 1 is 0.833 bits per heavy atom. The van der Waals surface area contributed by atoms with Gasteiger partial charge in [-0.1, -0.05) is 30.3 Å². The molecule has 0 spiro atoms. The molecule has 0 aliphatic carbocycles. The number of benzene rings is 2. The van der Waals surface area contributed by atoms with Gasteiger partial charge < -0.3 is 4.74 Å². The quantitative estimate of drug-likeness (QED) is 0.499. The Morgan fingerprint density at radius 3 is 2.42 bits per heavy atom. The summed E-state index contributed by atoms with van der Waals surface area (Å²) in [4.78, 5) is 0. The lowest BCUT2D eigenvalue weighted by Crippen LogP contribution is -2.35. The molecule has 118 valence electrons. The molecule has 0 saturated heterocycles. The van der Waals surface area contributed by atoms with Gasteiger partial charge in [0.05, 0.1) is 6.04 Å². The van der Waals surface area contributed by atoms with Crippen molar-refractivity contribution in [2.75, 3.05) is 0 Å². The zero-order valence-electron chi connectivity index (χ0n) is 12.8. The molecular formula is C20H15NOS2. The Hall–Kier alpha value is -2.14. The highest BCUT2D eigenvalue weighted by Crippen LogP contribution is 2.43. The highest BCUT2D eigenvalue weighted by molar-refractivity contribution is 7.08. The Bertz CT molecular complexity index is 976. The molecule has 5 rings (SSSR count). The van der Waals surface area contributed by atoms with Crippen LogP contribution in [0.25, 0.3) is 10.8 Å². The minimum Gasteiger partial charge on any atom is -0.471 e. The number of rotatable bonds is 2. The van der Waals surface area contributed by atoms with Gasteiger partial charge in [0, 0.05) is 11.1 Å². The lowest BCUT2D eigenvalue weighted by Gasteiger charge is -2.34. The number of thiophene rings is 2. The van der Waals surface area contributed by atoms with E-state index in [0.717, 1.165) is 5.75 Å². The SMILES string of the molecule is c1ccc2c3c(ccc2c1)OC(c1ccsc1)NC3c1ccsc1. The maximum atomic E-state index is 6.31. The van der Waals surface area contributed by atoms with E-state index in [1.54, 1.807) is 22.7 Å². The molecule has 0 saturated carbocycles. The third kappa shape index (κ3) is 2.26. The molecule has 1 aliphatic rings. The first-order valence-corrected chi connectivity index (χ1v) is 9.77. The van der Waals surface area contributed by atoms with E-state index in [4.69, 9.17) is 4.74 Å². The molecule has 4 aromatic rings. The Labute approximate surface area is 148 Å². The van der Waals surface area contributed by atoms with E-state index in [2.05, 4.69) is 75.4 Å². The van der Waals surface area contributed by atoms with Gasteiger partial charge in [-0.15, -0.1) is 0 Å². The van der Waals surface area contributed by atoms with Crippen LogP contribution in [0, 0.1) is 0 Å². The first kappa shape index (κ1) is 14.2. The number of fused-ring (bicyclic) bond motifs is 3. The average Bonchev–Trinajstić information content (AvgIpc) is 3.34. The predicted molar refractivity (Wildman–Crippen MR) is 101 cm³/mol. The maximum absolute atomic E-state index is 6.31. The van der Waals surface area contributed by atoms with Crippen molar-refractivity contribution in [1.29, 1.82) is 0 Å². The fourth-order valence-corrected chi connectivity index (χ4v) is 4.72. The van der Waals surface area contributed by atoms with Crippen molar-refractivity contribution < 1.29 is 4.74 Å². The van der Waals surface area contributed by atoms with E-state index in [0.29, 0.717) is 0 Å². The second kappa shape index (κ2) is 5.74. The van der Waals surface area contributed by atoms with Crippen LogP contribution in [0.3, 0.4) is 0 Å². The van der Waals surface area contributed by atoms with Crippen LogP contribution in [0.4, 0.5) is 0 Å². The summed E-state index contributed by atoms with van der Waals surface area (Å²) in [5, 5.41) is 14.8. The molecule has 2 aromatic carbocycles. The number of hydrogen-bond acceptors (Lipinski definition) is 4. The summed E-state index contributed by atoms with van der Waals surface area (Å²) < 4.78 is 6.31. The van der Waals surface area contributed by atoms with Crippen LogP contribution >= 0.6 is 22.7 Å². The molecule has 2 unspecified atom stereocenters. The molecule has 0 radical (unpaired) electrons. The zero-order chi connectivity index (χ0) is 15.9. The number of hydrogen-bond donors (Lipinski definition) is 1. The van der Waals surface area contributed by atoms with Gasteiger partial charge in [-0.25, -0.2) is 0 Å². The zero-order valence-corrected chi connectivity index (χ0v) is 14.4. The Balaban J connectivity index is 1.72. The van der Waals surface area contributed by atoms with Crippen LogP contribution in [0.1, 0.15) is 29.0 Å². The fraction of sp³-hybridized carbons (Fsp3) is 0.100. The molecule has 4 heteroatoms. The highest BCUT2D eigenvalue weighted by Gasteiger charge is 2.31. The van der Waals surface area contributed by atoms with Gasteiger partial charge >= 0.3 is 0 Å². The van der Waals surface area contributed by atoms with E-state index < -0.39 is 0 Å². The lowest BCUT2D eigenvalue weighted by molar-refractivity contribution is 0.134. The molecule has 2 nitrogen and oxygen atoms in total. The van der Waals surface area contributed by atoms with Crippen LogP contribution in [0.5, 0.6) is 5.75 Å². The van der Waals surface area contributed by atoms with Crippen molar-refractivity contribution in [2.45, 2.75) is 12.3 Å². The van der Waals surface area contributed by atoms with Gasteiger partial charge in [0.25, 0.3) is 0 Å². The molecule has 0 amide bonds. The van der Waals surface area contributed by atoms with Gasteiger partial charge in [-0.3, -0.25) is 5.32 Å². The fourth-order valence-electron chi connectivity index (χ4n) is 3.36. The molecule has 2 aromatic heterocycles. The van der Waals surface area contributed by atoms with Crippen molar-refractivity contribution in [3.05, 3.63) is 86.7 Å². The average molecular weight is 349 g/mol. The van der Waals surface area contributed by atoms with E-state index in [1.807, 2.05) is 0 Å². The van der Waals surface area contributed by atoms with Gasteiger partial charge in [0.1, 0.15) is 5.75 Å². The van der Waals surface area contributed by atoms with Crippen LogP contribution in [-0.4, -0.2) is 0 Å². The Kier molecular flexibility index (Phi) is 3.40. The van der Waals surface area contributed by atoms with E-state index in [9.17, 15) is 0 Å². The Morgan fingerprint density at radius 2 is 1.62 bits per heavy atom. The van der Waals surface area contributed by atoms with Gasteiger partial charge in [0.2, 0.25) is 0 Å². The summed E-state index contributed by atoms with van der Waals surface area (Å²) in [6.45, 7) is 0. The second-order valence-electron chi connectivity index (χ2n) is 5.91. The van der Waals surface area contributed by atoms with Crippen LogP contribution < -0.4 is 10.1 Å². The third-order valence-corrected chi connectivity index (χ3v) is 5.91. The summed E-state index contributed by atoms with van der Waals surface area (Å²) in [7, 11) is 0. The molecule has 24 heavy (non-hydrogen) atoms. The van der Waals surface area contributed by atoms with E-state index in [-0.39, 0.29) is 12.3 Å². The van der Waals surface area contributed by atoms with Gasteiger partial charge in [0.15, 0.2) is 6.23 Å². The second-order valence-corrected chi connectivity index (χ2v) is 7.47. The van der Waals surface area contributed by atoms with Gasteiger partial charge in [-0.2, -0.15) is 22.7 Å². The molecule has 0 bridgehead atoms. The first-order chi connectivity index (χ1) is 11.9. The van der Waals surface area contributed by atoms with Crippen LogP contribution in [0.2, 0.25) is 0 Å². The minimum atomic E-state index is -0.116. The van der Waals surface area contributed by atoms with Crippen LogP contribution in [-0.2, 0) is 0 Å². The minimum absolute atomic E-state index is 0.116. The van der Waals surface area contributed by atoms with Gasteiger partial charge in [-0.05, 0) is 56.1 Å². The lowest BCUT2D eigenvalue weighted by atomic mass is 9.92. The van der Waals surface area contributed by atoms with Crippen molar-refractivity contribution in [1.82, 2.24) is 5.32 Å². The maximum Gasteiger partial charge on any atom is 0.178 e. The molecule has 3 heterocycles. The monoisotopic (exact) mass is 349 g/mol. The molecule has 1 N–H and O–H groups in total. The van der Waals surface area contributed by atoms with Crippen molar-refractivity contribution in [3.8, 4) is 5.75 Å². The normalized spacial score (nSPS) is 19.8. The molecule has 1 aliphatic heterocycles. The number of ether oxygens (including phenoxy) is 1. The van der Waals surface area contributed by atoms with E-state index in [1.165, 1.54) is 27.5 Å².